The zero-order chi connectivity index (χ0) is 22.2. The molecule has 0 aliphatic heterocycles. The molecule has 7 nitrogen and oxygen atoms in total. The van der Waals surface area contributed by atoms with Gasteiger partial charge in [-0.2, -0.15) is 0 Å². The van der Waals surface area contributed by atoms with Gasteiger partial charge in [-0.1, -0.05) is 13.0 Å². The zero-order valence-corrected chi connectivity index (χ0v) is 18.0. The second kappa shape index (κ2) is 10.7. The van der Waals surface area contributed by atoms with Gasteiger partial charge < -0.3 is 19.6 Å². The molecular weight excluding hydrogens is 394 g/mol. The third-order valence-electron chi connectivity index (χ3n) is 4.98. The number of hydrogen-bond acceptors (Lipinski definition) is 6. The van der Waals surface area contributed by atoms with Crippen LogP contribution < -0.4 is 14.8 Å². The van der Waals surface area contributed by atoms with E-state index in [1.165, 1.54) is 19.0 Å². The first kappa shape index (κ1) is 22.5. The Hall–Kier alpha value is -3.22. The summed E-state index contributed by atoms with van der Waals surface area (Å²) in [5, 5.41) is 10.6. The van der Waals surface area contributed by atoms with Gasteiger partial charge in [-0.3, -0.25) is 10.2 Å². The highest BCUT2D eigenvalue weighted by Crippen LogP contribution is 2.31. The Morgan fingerprint density at radius 1 is 1.19 bits per heavy atom. The van der Waals surface area contributed by atoms with Crippen molar-refractivity contribution in [2.75, 3.05) is 6.61 Å². The maximum atomic E-state index is 12.1. The number of pyridine rings is 1. The molecule has 1 heterocycles. The fraction of sp³-hybridized carbons (Fsp3) is 0.417. The van der Waals surface area contributed by atoms with Gasteiger partial charge in [-0.15, -0.1) is 0 Å². The number of benzene rings is 1. The lowest BCUT2D eigenvalue weighted by Gasteiger charge is -2.11. The summed E-state index contributed by atoms with van der Waals surface area (Å²) in [5.41, 5.74) is 0.346. The molecule has 1 unspecified atom stereocenters. The molecule has 0 saturated heterocycles. The predicted octanol–water partition coefficient (Wildman–Crippen LogP) is 4.50. The number of nitrogens with one attached hydrogen (secondary N) is 2. The number of ether oxygens (including phenoxy) is 2. The summed E-state index contributed by atoms with van der Waals surface area (Å²) in [6.45, 7) is 4.23. The number of carbonyl (C=O) groups is 2. The standard InChI is InChI=1S/C24H29N3O4/c1-16(12-17(2)28)6-11-23(29)27-24(25)22-10-9-21(14-26-22)31-20-5-3-4-19(13-20)30-15-18-7-8-18/h3-5,9-10,13-14,16,18H,6-8,11-12,15H2,1-2H3,(H2,25,27,29). The minimum absolute atomic E-state index is 0.0637. The van der Waals surface area contributed by atoms with Crippen LogP contribution in [0.15, 0.2) is 42.6 Å². The molecule has 0 radical (unpaired) electrons. The Balaban J connectivity index is 1.47. The van der Waals surface area contributed by atoms with E-state index in [0.29, 0.717) is 36.0 Å². The summed E-state index contributed by atoms with van der Waals surface area (Å²) >= 11 is 0. The van der Waals surface area contributed by atoms with Crippen molar-refractivity contribution in [3.8, 4) is 17.2 Å². The maximum Gasteiger partial charge on any atom is 0.225 e. The smallest absolute Gasteiger partial charge is 0.225 e. The summed E-state index contributed by atoms with van der Waals surface area (Å²) in [5.74, 6) is 2.56. The average Bonchev–Trinajstić information content (AvgIpc) is 3.56. The summed E-state index contributed by atoms with van der Waals surface area (Å²) in [6.07, 6.45) is 5.32. The number of amidine groups is 1. The van der Waals surface area contributed by atoms with Crippen LogP contribution in [0.3, 0.4) is 0 Å². The lowest BCUT2D eigenvalue weighted by molar-refractivity contribution is -0.121. The molecule has 1 atom stereocenters. The van der Waals surface area contributed by atoms with Crippen molar-refractivity contribution < 1.29 is 19.1 Å². The van der Waals surface area contributed by atoms with Crippen LogP contribution in [0.4, 0.5) is 0 Å². The van der Waals surface area contributed by atoms with E-state index in [0.717, 1.165) is 12.4 Å². The maximum absolute atomic E-state index is 12.1. The summed E-state index contributed by atoms with van der Waals surface area (Å²) in [7, 11) is 0. The third kappa shape index (κ3) is 7.85. The molecule has 1 amide bonds. The molecule has 2 N–H and O–H groups in total. The molecule has 1 aliphatic rings. The highest BCUT2D eigenvalue weighted by Gasteiger charge is 2.21. The molecule has 1 aromatic heterocycles. The molecule has 0 bridgehead atoms. The van der Waals surface area contributed by atoms with Crippen molar-refractivity contribution in [1.82, 2.24) is 10.3 Å². The Morgan fingerprint density at radius 3 is 2.65 bits per heavy atom. The molecule has 3 rings (SSSR count). The average molecular weight is 424 g/mol. The van der Waals surface area contributed by atoms with Crippen LogP contribution in [0.5, 0.6) is 17.2 Å². The molecule has 1 fully saturated rings. The van der Waals surface area contributed by atoms with Crippen LogP contribution in [0, 0.1) is 17.2 Å². The Morgan fingerprint density at radius 2 is 1.97 bits per heavy atom. The minimum atomic E-state index is -0.259. The summed E-state index contributed by atoms with van der Waals surface area (Å²) in [4.78, 5) is 27.4. The summed E-state index contributed by atoms with van der Waals surface area (Å²) in [6, 6.07) is 10.8. The van der Waals surface area contributed by atoms with Crippen molar-refractivity contribution in [2.24, 2.45) is 11.8 Å². The molecule has 1 aliphatic carbocycles. The fourth-order valence-corrected chi connectivity index (χ4v) is 3.09. The van der Waals surface area contributed by atoms with Gasteiger partial charge in [0.05, 0.1) is 12.8 Å². The number of ketones is 1. The van der Waals surface area contributed by atoms with Gasteiger partial charge in [0.1, 0.15) is 28.7 Å². The first-order valence-corrected chi connectivity index (χ1v) is 10.6. The molecule has 31 heavy (non-hydrogen) atoms. The van der Waals surface area contributed by atoms with Gasteiger partial charge >= 0.3 is 0 Å². The van der Waals surface area contributed by atoms with Crippen molar-refractivity contribution in [1.29, 1.82) is 5.41 Å². The van der Waals surface area contributed by atoms with Crippen LogP contribution in [-0.2, 0) is 9.59 Å². The van der Waals surface area contributed by atoms with Crippen molar-refractivity contribution in [2.45, 2.75) is 46.0 Å². The molecule has 2 aromatic rings. The van der Waals surface area contributed by atoms with Crippen LogP contribution in [0.1, 0.15) is 51.6 Å². The largest absolute Gasteiger partial charge is 0.493 e. The lowest BCUT2D eigenvalue weighted by atomic mass is 9.99. The summed E-state index contributed by atoms with van der Waals surface area (Å²) < 4.78 is 11.6. The highest BCUT2D eigenvalue weighted by molar-refractivity contribution is 6.05. The minimum Gasteiger partial charge on any atom is -0.493 e. The van der Waals surface area contributed by atoms with Crippen molar-refractivity contribution in [3.05, 3.63) is 48.3 Å². The van der Waals surface area contributed by atoms with E-state index in [1.54, 1.807) is 19.1 Å². The molecule has 0 spiro atoms. The first-order valence-electron chi connectivity index (χ1n) is 10.6. The molecule has 7 heteroatoms. The highest BCUT2D eigenvalue weighted by atomic mass is 16.5. The van der Waals surface area contributed by atoms with E-state index >= 15 is 0 Å². The first-order chi connectivity index (χ1) is 14.9. The number of aromatic nitrogens is 1. The topological polar surface area (TPSA) is 101 Å². The van der Waals surface area contributed by atoms with Crippen LogP contribution in [0.2, 0.25) is 0 Å². The van der Waals surface area contributed by atoms with Gasteiger partial charge in [0.15, 0.2) is 5.84 Å². The van der Waals surface area contributed by atoms with Gasteiger partial charge in [-0.25, -0.2) is 4.98 Å². The number of rotatable bonds is 11. The van der Waals surface area contributed by atoms with Crippen LogP contribution >= 0.6 is 0 Å². The Bertz CT molecular complexity index is 923. The second-order valence-electron chi connectivity index (χ2n) is 8.18. The van der Waals surface area contributed by atoms with E-state index in [2.05, 4.69) is 10.3 Å². The van der Waals surface area contributed by atoms with E-state index in [4.69, 9.17) is 14.9 Å². The fourth-order valence-electron chi connectivity index (χ4n) is 3.09. The van der Waals surface area contributed by atoms with Gasteiger partial charge in [-0.05, 0) is 62.3 Å². The van der Waals surface area contributed by atoms with Crippen molar-refractivity contribution in [3.63, 3.8) is 0 Å². The van der Waals surface area contributed by atoms with Gasteiger partial charge in [0.25, 0.3) is 0 Å². The SMILES string of the molecule is CC(=O)CC(C)CCC(=O)NC(=N)c1ccc(Oc2cccc(OCC3CC3)c2)cn1. The number of hydrogen-bond donors (Lipinski definition) is 2. The normalized spacial score (nSPS) is 13.9. The number of nitrogens with zero attached hydrogens (tertiary/aromatic N) is 1. The zero-order valence-electron chi connectivity index (χ0n) is 18.0. The number of Topliss-reactive ketones (excluding diaryl/α,β-unsaturated/α-hetero) is 1. The Labute approximate surface area is 182 Å². The van der Waals surface area contributed by atoms with E-state index in [9.17, 15) is 9.59 Å². The van der Waals surface area contributed by atoms with Crippen molar-refractivity contribution >= 4 is 17.5 Å². The molecule has 1 aromatic carbocycles. The lowest BCUT2D eigenvalue weighted by Crippen LogP contribution is -2.31. The molecular formula is C24H29N3O4. The Kier molecular flexibility index (Phi) is 7.76. The quantitative estimate of drug-likeness (QED) is 0.409. The third-order valence-corrected chi connectivity index (χ3v) is 4.98. The van der Waals surface area contributed by atoms with Crippen LogP contribution in [0.25, 0.3) is 0 Å². The molecule has 1 saturated carbocycles. The predicted molar refractivity (Wildman–Crippen MR) is 118 cm³/mol. The van der Waals surface area contributed by atoms with Crippen LogP contribution in [-0.4, -0.2) is 29.1 Å². The van der Waals surface area contributed by atoms with E-state index < -0.39 is 0 Å². The van der Waals surface area contributed by atoms with Gasteiger partial charge in [0, 0.05) is 18.9 Å². The second-order valence-corrected chi connectivity index (χ2v) is 8.18. The monoisotopic (exact) mass is 423 g/mol. The number of carbonyl (C=O) groups excluding carboxylic acids is 2. The molecule has 164 valence electrons. The van der Waals surface area contributed by atoms with Gasteiger partial charge in [0.2, 0.25) is 5.91 Å². The number of amides is 1. The van der Waals surface area contributed by atoms with E-state index in [-0.39, 0.29) is 29.9 Å². The van der Waals surface area contributed by atoms with E-state index in [1.807, 2.05) is 31.2 Å².